The third kappa shape index (κ3) is 7.68. The number of aryl methyl sites for hydroxylation is 4. The lowest BCUT2D eigenvalue weighted by atomic mass is 9.77. The van der Waals surface area contributed by atoms with Crippen LogP contribution in [0.1, 0.15) is 97.6 Å². The molecular weight excluding hydrogens is 765 g/mol. The van der Waals surface area contributed by atoms with Crippen molar-refractivity contribution in [3.63, 3.8) is 0 Å². The molecule has 0 bridgehead atoms. The standard InChI is InChI=1S/C55H46F4N2/c1-5-35-30-47(49(37-12-20-41(56)21-13-37)38-14-22-42(57)23-15-38)53(48(31-35)50(39-16-24-43(58)25-17-39)40-18-26-44(59)27-19-40)61-55-46-11-7-9-36-8-6-10-45(51(36)46)54(55)60-52-33(3)28-32(2)29-34(52)4/h6-31,49-50,54-55,60-61H,5H2,1-4H3. The van der Waals surface area contributed by atoms with Crippen LogP contribution in [-0.2, 0) is 6.42 Å². The molecule has 1 aliphatic rings. The molecule has 2 nitrogen and oxygen atoms in total. The Morgan fingerprint density at radius 1 is 0.459 bits per heavy atom. The van der Waals surface area contributed by atoms with E-state index in [2.05, 4.69) is 99.0 Å². The molecule has 304 valence electrons. The normalized spacial score (nSPS) is 14.6. The van der Waals surface area contributed by atoms with Gasteiger partial charge in [0.05, 0.1) is 12.1 Å². The highest BCUT2D eigenvalue weighted by atomic mass is 19.1. The molecule has 0 fully saturated rings. The van der Waals surface area contributed by atoms with E-state index in [0.717, 1.165) is 72.4 Å². The minimum absolute atomic E-state index is 0.224. The summed E-state index contributed by atoms with van der Waals surface area (Å²) in [6, 6.07) is 47.2. The van der Waals surface area contributed by atoms with Crippen molar-refractivity contribution < 1.29 is 17.6 Å². The Hall–Kier alpha value is -6.66. The zero-order chi connectivity index (χ0) is 42.4. The highest BCUT2D eigenvalue weighted by Crippen LogP contribution is 2.51. The number of anilines is 2. The van der Waals surface area contributed by atoms with Crippen LogP contribution < -0.4 is 10.6 Å². The van der Waals surface area contributed by atoms with Crippen LogP contribution in [0.2, 0.25) is 0 Å². The fourth-order valence-electron chi connectivity index (χ4n) is 9.62. The van der Waals surface area contributed by atoms with Crippen molar-refractivity contribution in [3.05, 3.63) is 248 Å². The van der Waals surface area contributed by atoms with E-state index in [1.807, 2.05) is 0 Å². The van der Waals surface area contributed by atoms with Gasteiger partial charge in [-0.1, -0.05) is 122 Å². The Kier molecular flexibility index (Phi) is 10.7. The Morgan fingerprint density at radius 3 is 1.18 bits per heavy atom. The Labute approximate surface area is 354 Å². The highest BCUT2D eigenvalue weighted by Gasteiger charge is 2.37. The van der Waals surface area contributed by atoms with Crippen molar-refractivity contribution >= 4 is 22.1 Å². The Balaban J connectivity index is 1.35. The number of hydrogen-bond acceptors (Lipinski definition) is 2. The average molecular weight is 811 g/mol. The molecule has 8 aromatic carbocycles. The Bertz CT molecular complexity index is 2630. The first-order chi connectivity index (χ1) is 29.6. The molecule has 9 rings (SSSR count). The molecule has 6 heteroatoms. The molecule has 2 N–H and O–H groups in total. The summed E-state index contributed by atoms with van der Waals surface area (Å²) in [5.41, 5.74) is 13.8. The fraction of sp³-hybridized carbons (Fsp3) is 0.164. The minimum Gasteiger partial charge on any atom is -0.375 e. The van der Waals surface area contributed by atoms with Gasteiger partial charge < -0.3 is 10.6 Å². The lowest BCUT2D eigenvalue weighted by molar-refractivity contribution is 0.625. The number of rotatable bonds is 11. The topological polar surface area (TPSA) is 24.1 Å². The third-order valence-corrected chi connectivity index (χ3v) is 12.4. The molecule has 0 amide bonds. The summed E-state index contributed by atoms with van der Waals surface area (Å²) >= 11 is 0. The average Bonchev–Trinajstić information content (AvgIpc) is 3.55. The van der Waals surface area contributed by atoms with E-state index >= 15 is 0 Å². The zero-order valence-electron chi connectivity index (χ0n) is 34.5. The lowest BCUT2D eigenvalue weighted by Gasteiger charge is -2.33. The molecule has 0 saturated heterocycles. The van der Waals surface area contributed by atoms with E-state index in [1.165, 1.54) is 65.0 Å². The summed E-state index contributed by atoms with van der Waals surface area (Å²) in [6.07, 6.45) is 0.684. The van der Waals surface area contributed by atoms with E-state index in [4.69, 9.17) is 0 Å². The van der Waals surface area contributed by atoms with Gasteiger partial charge in [-0.25, -0.2) is 17.6 Å². The van der Waals surface area contributed by atoms with Gasteiger partial charge in [-0.05, 0) is 148 Å². The molecule has 8 aromatic rings. The van der Waals surface area contributed by atoms with Gasteiger partial charge in [0.1, 0.15) is 23.3 Å². The Morgan fingerprint density at radius 2 is 0.820 bits per heavy atom. The van der Waals surface area contributed by atoms with Crippen LogP contribution in [-0.4, -0.2) is 0 Å². The van der Waals surface area contributed by atoms with E-state index in [0.29, 0.717) is 6.42 Å². The smallest absolute Gasteiger partial charge is 0.123 e. The van der Waals surface area contributed by atoms with Gasteiger partial charge in [0, 0.05) is 23.2 Å². The van der Waals surface area contributed by atoms with Crippen molar-refractivity contribution in [1.82, 2.24) is 0 Å². The summed E-state index contributed by atoms with van der Waals surface area (Å²) in [4.78, 5) is 0. The van der Waals surface area contributed by atoms with Crippen LogP contribution in [0.15, 0.2) is 158 Å². The molecular formula is C55H46F4N2. The van der Waals surface area contributed by atoms with Crippen molar-refractivity contribution in [2.24, 2.45) is 0 Å². The second-order valence-electron chi connectivity index (χ2n) is 16.4. The fourth-order valence-corrected chi connectivity index (χ4v) is 9.62. The summed E-state index contributed by atoms with van der Waals surface area (Å²) in [5, 5.41) is 10.5. The van der Waals surface area contributed by atoms with E-state index in [9.17, 15) is 17.6 Å². The quantitative estimate of drug-likeness (QED) is 0.100. The van der Waals surface area contributed by atoms with Crippen LogP contribution in [0, 0.1) is 44.0 Å². The van der Waals surface area contributed by atoms with Gasteiger partial charge in [-0.15, -0.1) is 0 Å². The molecule has 0 aliphatic heterocycles. The number of hydrogen-bond donors (Lipinski definition) is 2. The molecule has 2 unspecified atom stereocenters. The first-order valence-corrected chi connectivity index (χ1v) is 20.9. The lowest BCUT2D eigenvalue weighted by Crippen LogP contribution is -2.25. The van der Waals surface area contributed by atoms with Crippen molar-refractivity contribution in [3.8, 4) is 0 Å². The van der Waals surface area contributed by atoms with E-state index in [-0.39, 0.29) is 35.4 Å². The summed E-state index contributed by atoms with van der Waals surface area (Å²) in [7, 11) is 0. The van der Waals surface area contributed by atoms with Gasteiger partial charge in [0.2, 0.25) is 0 Å². The maximum Gasteiger partial charge on any atom is 0.123 e. The SMILES string of the molecule is CCc1cc(C(c2ccc(F)cc2)c2ccc(F)cc2)c(NC2c3cccc4cccc(c34)C2Nc2c(C)cc(C)cc2C)c(C(c2ccc(F)cc2)c2ccc(F)cc2)c1. The molecule has 1 aliphatic carbocycles. The number of halogens is 4. The van der Waals surface area contributed by atoms with Gasteiger partial charge in [-0.3, -0.25) is 0 Å². The van der Waals surface area contributed by atoms with E-state index < -0.39 is 11.8 Å². The maximum absolute atomic E-state index is 14.7. The van der Waals surface area contributed by atoms with Crippen LogP contribution >= 0.6 is 0 Å². The molecule has 2 atom stereocenters. The monoisotopic (exact) mass is 810 g/mol. The second kappa shape index (κ2) is 16.4. The first kappa shape index (κ1) is 39.8. The molecule has 0 radical (unpaired) electrons. The number of nitrogens with one attached hydrogen (secondary N) is 2. The zero-order valence-corrected chi connectivity index (χ0v) is 34.5. The third-order valence-electron chi connectivity index (χ3n) is 12.4. The van der Waals surface area contributed by atoms with Gasteiger partial charge in [0.25, 0.3) is 0 Å². The number of benzene rings is 8. The highest BCUT2D eigenvalue weighted by molar-refractivity contribution is 5.93. The predicted octanol–water partition coefficient (Wildman–Crippen LogP) is 14.6. The van der Waals surface area contributed by atoms with Gasteiger partial charge in [0.15, 0.2) is 0 Å². The minimum atomic E-state index is -0.469. The van der Waals surface area contributed by atoms with Gasteiger partial charge >= 0.3 is 0 Å². The van der Waals surface area contributed by atoms with Gasteiger partial charge in [-0.2, -0.15) is 0 Å². The molecule has 0 saturated carbocycles. The first-order valence-electron chi connectivity index (χ1n) is 20.9. The van der Waals surface area contributed by atoms with Crippen molar-refractivity contribution in [1.29, 1.82) is 0 Å². The summed E-state index contributed by atoms with van der Waals surface area (Å²) in [6.45, 7) is 8.49. The summed E-state index contributed by atoms with van der Waals surface area (Å²) < 4.78 is 58.8. The predicted molar refractivity (Wildman–Crippen MR) is 241 cm³/mol. The van der Waals surface area contributed by atoms with Crippen LogP contribution in [0.5, 0.6) is 0 Å². The summed E-state index contributed by atoms with van der Waals surface area (Å²) in [5.74, 6) is -2.37. The van der Waals surface area contributed by atoms with Crippen LogP contribution in [0.25, 0.3) is 10.8 Å². The molecule has 0 aromatic heterocycles. The molecule has 61 heavy (non-hydrogen) atoms. The van der Waals surface area contributed by atoms with Crippen molar-refractivity contribution in [2.45, 2.75) is 58.0 Å². The molecule has 0 spiro atoms. The van der Waals surface area contributed by atoms with E-state index in [1.54, 1.807) is 48.5 Å². The second-order valence-corrected chi connectivity index (χ2v) is 16.4. The molecule has 0 heterocycles. The van der Waals surface area contributed by atoms with Crippen molar-refractivity contribution in [2.75, 3.05) is 10.6 Å². The maximum atomic E-state index is 14.7. The van der Waals surface area contributed by atoms with Crippen LogP contribution in [0.4, 0.5) is 28.9 Å². The van der Waals surface area contributed by atoms with Crippen LogP contribution in [0.3, 0.4) is 0 Å². The largest absolute Gasteiger partial charge is 0.375 e.